The van der Waals surface area contributed by atoms with Gasteiger partial charge in [-0.3, -0.25) is 9.59 Å². The molecule has 0 saturated carbocycles. The first-order chi connectivity index (χ1) is 14.0. The summed E-state index contributed by atoms with van der Waals surface area (Å²) in [6.07, 6.45) is 3.40. The number of hydrogen-bond acceptors (Lipinski definition) is 4. The number of benzene rings is 2. The molecule has 0 spiro atoms. The number of Topliss-reactive ketones (excluding diaryl/α,β-unsaturated/α-hetero) is 1. The SMILES string of the molecule is O=C(Nc1ccc(F)c(F)c1)c1ccc(Oc2cccc3c2CCCC3=O)nc1. The van der Waals surface area contributed by atoms with E-state index in [9.17, 15) is 18.4 Å². The van der Waals surface area contributed by atoms with Crippen molar-refractivity contribution >= 4 is 17.4 Å². The minimum Gasteiger partial charge on any atom is -0.439 e. The molecule has 0 radical (unpaired) electrons. The predicted molar refractivity (Wildman–Crippen MR) is 102 cm³/mol. The van der Waals surface area contributed by atoms with Gasteiger partial charge in [0, 0.05) is 41.6 Å². The van der Waals surface area contributed by atoms with E-state index in [4.69, 9.17) is 4.74 Å². The van der Waals surface area contributed by atoms with E-state index in [-0.39, 0.29) is 22.9 Å². The van der Waals surface area contributed by atoms with Gasteiger partial charge in [0.25, 0.3) is 5.91 Å². The number of aromatic nitrogens is 1. The number of carbonyl (C=O) groups is 2. The topological polar surface area (TPSA) is 68.3 Å². The summed E-state index contributed by atoms with van der Waals surface area (Å²) in [6.45, 7) is 0. The van der Waals surface area contributed by atoms with Gasteiger partial charge in [-0.25, -0.2) is 13.8 Å². The Labute approximate surface area is 165 Å². The van der Waals surface area contributed by atoms with E-state index in [0.29, 0.717) is 17.7 Å². The molecule has 1 heterocycles. The van der Waals surface area contributed by atoms with Crippen LogP contribution in [0.5, 0.6) is 11.6 Å². The van der Waals surface area contributed by atoms with Crippen molar-refractivity contribution in [3.8, 4) is 11.6 Å². The summed E-state index contributed by atoms with van der Waals surface area (Å²) in [5.41, 5.74) is 1.91. The van der Waals surface area contributed by atoms with Crippen LogP contribution < -0.4 is 10.1 Å². The number of hydrogen-bond donors (Lipinski definition) is 1. The van der Waals surface area contributed by atoms with Crippen molar-refractivity contribution in [2.45, 2.75) is 19.3 Å². The molecule has 3 aromatic rings. The molecule has 0 bridgehead atoms. The van der Waals surface area contributed by atoms with Crippen molar-refractivity contribution in [1.82, 2.24) is 4.98 Å². The summed E-state index contributed by atoms with van der Waals surface area (Å²) in [5, 5.41) is 2.48. The first-order valence-corrected chi connectivity index (χ1v) is 9.06. The van der Waals surface area contributed by atoms with Gasteiger partial charge >= 0.3 is 0 Å². The Bertz CT molecular complexity index is 1100. The zero-order valence-corrected chi connectivity index (χ0v) is 15.2. The van der Waals surface area contributed by atoms with Crippen LogP contribution >= 0.6 is 0 Å². The lowest BCUT2D eigenvalue weighted by Crippen LogP contribution is -2.13. The molecule has 146 valence electrons. The van der Waals surface area contributed by atoms with Gasteiger partial charge in [-0.1, -0.05) is 12.1 Å². The Balaban J connectivity index is 1.48. The average molecular weight is 394 g/mol. The highest BCUT2D eigenvalue weighted by Crippen LogP contribution is 2.32. The second-order valence-corrected chi connectivity index (χ2v) is 6.63. The standard InChI is InChI=1S/C22H16F2N2O3/c23-17-9-8-14(11-18(17)24)26-22(28)13-7-10-21(25-12-13)29-20-6-2-3-15-16(20)4-1-5-19(15)27/h2-3,6-12H,1,4-5H2,(H,26,28). The van der Waals surface area contributed by atoms with E-state index in [0.717, 1.165) is 30.5 Å². The van der Waals surface area contributed by atoms with Crippen molar-refractivity contribution in [3.63, 3.8) is 0 Å². The van der Waals surface area contributed by atoms with E-state index < -0.39 is 17.5 Å². The third-order valence-corrected chi connectivity index (χ3v) is 4.65. The summed E-state index contributed by atoms with van der Waals surface area (Å²) < 4.78 is 32.1. The number of amides is 1. The Morgan fingerprint density at radius 3 is 2.66 bits per heavy atom. The van der Waals surface area contributed by atoms with Gasteiger partial charge in [0.05, 0.1) is 5.56 Å². The lowest BCUT2D eigenvalue weighted by Gasteiger charge is -2.18. The molecular formula is C22H16F2N2O3. The van der Waals surface area contributed by atoms with Gasteiger partial charge < -0.3 is 10.1 Å². The Morgan fingerprint density at radius 2 is 1.90 bits per heavy atom. The van der Waals surface area contributed by atoms with Crippen molar-refractivity contribution in [2.24, 2.45) is 0 Å². The lowest BCUT2D eigenvalue weighted by atomic mass is 9.90. The van der Waals surface area contributed by atoms with Gasteiger partial charge in [0.1, 0.15) is 5.75 Å². The molecule has 1 amide bonds. The number of halogens is 2. The second-order valence-electron chi connectivity index (χ2n) is 6.63. The number of nitrogens with zero attached hydrogens (tertiary/aromatic N) is 1. The first kappa shape index (κ1) is 18.7. The van der Waals surface area contributed by atoms with Gasteiger partial charge in [-0.05, 0) is 37.1 Å². The normalized spacial score (nSPS) is 13.0. The third-order valence-electron chi connectivity index (χ3n) is 4.65. The van der Waals surface area contributed by atoms with E-state index in [1.54, 1.807) is 18.2 Å². The molecule has 0 saturated heterocycles. The van der Waals surface area contributed by atoms with Crippen molar-refractivity contribution in [2.75, 3.05) is 5.32 Å². The fourth-order valence-electron chi connectivity index (χ4n) is 3.21. The van der Waals surface area contributed by atoms with Gasteiger partial charge in [0.2, 0.25) is 5.88 Å². The lowest BCUT2D eigenvalue weighted by molar-refractivity contribution is 0.0970. The minimum atomic E-state index is -1.05. The van der Waals surface area contributed by atoms with Crippen LogP contribution in [0.1, 0.15) is 39.1 Å². The van der Waals surface area contributed by atoms with E-state index in [2.05, 4.69) is 10.3 Å². The maximum absolute atomic E-state index is 13.3. The van der Waals surface area contributed by atoms with Crippen molar-refractivity contribution < 1.29 is 23.1 Å². The summed E-state index contributed by atoms with van der Waals surface area (Å²) in [6, 6.07) is 11.5. The van der Waals surface area contributed by atoms with Crippen molar-refractivity contribution in [3.05, 3.63) is 83.1 Å². The number of pyridine rings is 1. The largest absolute Gasteiger partial charge is 0.439 e. The number of anilines is 1. The number of ether oxygens (including phenoxy) is 1. The fourth-order valence-corrected chi connectivity index (χ4v) is 3.21. The molecular weight excluding hydrogens is 378 g/mol. The van der Waals surface area contributed by atoms with Crippen LogP contribution in [0.3, 0.4) is 0 Å². The van der Waals surface area contributed by atoms with Gasteiger partial charge in [0.15, 0.2) is 17.4 Å². The third kappa shape index (κ3) is 3.99. The molecule has 5 nitrogen and oxygen atoms in total. The smallest absolute Gasteiger partial charge is 0.257 e. The van der Waals surface area contributed by atoms with E-state index >= 15 is 0 Å². The van der Waals surface area contributed by atoms with Crippen LogP contribution in [-0.4, -0.2) is 16.7 Å². The molecule has 0 aliphatic heterocycles. The molecule has 4 rings (SSSR count). The highest BCUT2D eigenvalue weighted by molar-refractivity contribution is 6.04. The Hall–Kier alpha value is -3.61. The summed E-state index contributed by atoms with van der Waals surface area (Å²) in [7, 11) is 0. The molecule has 1 aromatic heterocycles. The Morgan fingerprint density at radius 1 is 1.03 bits per heavy atom. The molecule has 7 heteroatoms. The maximum atomic E-state index is 13.3. The quantitative estimate of drug-likeness (QED) is 0.682. The first-order valence-electron chi connectivity index (χ1n) is 9.06. The Kier molecular flexibility index (Phi) is 5.03. The predicted octanol–water partition coefficient (Wildman–Crippen LogP) is 4.92. The molecule has 2 aromatic carbocycles. The highest BCUT2D eigenvalue weighted by atomic mass is 19.2. The molecule has 29 heavy (non-hydrogen) atoms. The fraction of sp³-hybridized carbons (Fsp3) is 0.136. The minimum absolute atomic E-state index is 0.105. The van der Waals surface area contributed by atoms with Crippen LogP contribution in [0, 0.1) is 11.6 Å². The number of fused-ring (bicyclic) bond motifs is 1. The maximum Gasteiger partial charge on any atom is 0.257 e. The van der Waals surface area contributed by atoms with Gasteiger partial charge in [-0.2, -0.15) is 0 Å². The van der Waals surface area contributed by atoms with E-state index in [1.807, 2.05) is 0 Å². The summed E-state index contributed by atoms with van der Waals surface area (Å²) in [4.78, 5) is 28.4. The van der Waals surface area contributed by atoms with Gasteiger partial charge in [-0.15, -0.1) is 0 Å². The number of nitrogens with one attached hydrogen (secondary N) is 1. The number of carbonyl (C=O) groups excluding carboxylic acids is 2. The average Bonchev–Trinajstić information content (AvgIpc) is 2.72. The van der Waals surface area contributed by atoms with Crippen LogP contribution in [0.4, 0.5) is 14.5 Å². The molecule has 0 atom stereocenters. The van der Waals surface area contributed by atoms with Crippen LogP contribution in [-0.2, 0) is 6.42 Å². The van der Waals surface area contributed by atoms with Crippen LogP contribution in [0.25, 0.3) is 0 Å². The summed E-state index contributed by atoms with van der Waals surface area (Å²) in [5.74, 6) is -1.60. The van der Waals surface area contributed by atoms with Crippen molar-refractivity contribution in [1.29, 1.82) is 0 Å². The molecule has 0 unspecified atom stereocenters. The summed E-state index contributed by atoms with van der Waals surface area (Å²) >= 11 is 0. The zero-order valence-electron chi connectivity index (χ0n) is 15.2. The zero-order chi connectivity index (χ0) is 20.4. The molecule has 1 aliphatic carbocycles. The van der Waals surface area contributed by atoms with E-state index in [1.165, 1.54) is 24.4 Å². The number of rotatable bonds is 4. The highest BCUT2D eigenvalue weighted by Gasteiger charge is 2.20. The van der Waals surface area contributed by atoms with Crippen LogP contribution in [0.15, 0.2) is 54.7 Å². The second kappa shape index (κ2) is 7.79. The molecule has 1 aliphatic rings. The monoisotopic (exact) mass is 394 g/mol. The molecule has 0 fully saturated rings. The molecule has 1 N–H and O–H groups in total. The number of ketones is 1. The van der Waals surface area contributed by atoms with Crippen LogP contribution in [0.2, 0.25) is 0 Å².